The van der Waals surface area contributed by atoms with Crippen LogP contribution in [0.25, 0.3) is 55.0 Å². The van der Waals surface area contributed by atoms with E-state index >= 15 is 0 Å². The summed E-state index contributed by atoms with van der Waals surface area (Å²) < 4.78 is 72.0. The van der Waals surface area contributed by atoms with Gasteiger partial charge in [-0.25, -0.2) is 9.97 Å². The molecule has 13 nitrogen and oxygen atoms in total. The van der Waals surface area contributed by atoms with Crippen LogP contribution in [0.15, 0.2) is 146 Å². The molecule has 2 aliphatic carbocycles. The summed E-state index contributed by atoms with van der Waals surface area (Å²) in [6.45, 7) is 0.498. The molecule has 0 spiro atoms. The number of ether oxygens (including phenoxy) is 4. The molecule has 6 aromatic carbocycles. The Hall–Kier alpha value is -8.99. The molecule has 370 valence electrons. The fraction of sp³-hybridized carbons (Fsp3) is 0.161. The molecule has 0 unspecified atom stereocenters. The van der Waals surface area contributed by atoms with Gasteiger partial charge < -0.3 is 39.9 Å². The van der Waals surface area contributed by atoms with Gasteiger partial charge >= 0.3 is 12.6 Å². The van der Waals surface area contributed by atoms with Crippen molar-refractivity contribution in [1.29, 1.82) is 0 Å². The molecule has 2 fully saturated rings. The number of aromatic amines is 1. The van der Waals surface area contributed by atoms with Crippen LogP contribution in [0.2, 0.25) is 0 Å². The van der Waals surface area contributed by atoms with Gasteiger partial charge in [0.25, 0.3) is 5.91 Å². The quantitative estimate of drug-likeness (QED) is 0.108. The zero-order valence-electron chi connectivity index (χ0n) is 38.2. The van der Waals surface area contributed by atoms with Crippen LogP contribution in [0.4, 0.5) is 29.2 Å². The number of carbonyl (C=O) groups excluding carboxylic acids is 3. The first-order chi connectivity index (χ1) is 35.2. The number of nitrogens with zero attached hydrogens (tertiary/aromatic N) is 2. The van der Waals surface area contributed by atoms with Crippen molar-refractivity contribution in [2.45, 2.75) is 55.6 Å². The number of nitrogens with one attached hydrogen (secondary N) is 4. The van der Waals surface area contributed by atoms with Crippen LogP contribution in [-0.4, -0.2) is 45.3 Å². The summed E-state index contributed by atoms with van der Waals surface area (Å²) in [4.78, 5) is 52.0. The van der Waals surface area contributed by atoms with Crippen LogP contribution < -0.4 is 34.9 Å². The molecular formula is C56H46F4N6O7. The summed E-state index contributed by atoms with van der Waals surface area (Å²) in [6.07, 6.45) is -3.20. The van der Waals surface area contributed by atoms with Gasteiger partial charge in [0.1, 0.15) is 11.6 Å². The lowest BCUT2D eigenvalue weighted by molar-refractivity contribution is -0.287. The summed E-state index contributed by atoms with van der Waals surface area (Å²) in [5.74, 6) is -0.0975. The molecule has 3 aromatic heterocycles. The van der Waals surface area contributed by atoms with Crippen molar-refractivity contribution in [3.63, 3.8) is 0 Å². The maximum Gasteiger partial charge on any atom is 0.586 e. The predicted molar refractivity (Wildman–Crippen MR) is 270 cm³/mol. The minimum absolute atomic E-state index is 0. The number of aromatic nitrogens is 3. The molecule has 6 heterocycles. The SMILES string of the molecule is O=C(Nc1cc2ccccc2c(-c2ccc3[nH]ccc3c2)n1)C1(c2ccc3c(c2)OC(F)(F)O3)CC1.O=C1NCc2ccc(-c3nc(NC(=O)C4(c5ccc6c(c5)OC(F)(F)O6)CC4)cc4ccccc34)cc21.[HH].[HH].[HH].[HH]. The van der Waals surface area contributed by atoms with Crippen molar-refractivity contribution >= 4 is 61.8 Å². The molecule has 4 N–H and O–H groups in total. The number of halogens is 4. The number of hydrogen-bond acceptors (Lipinski definition) is 9. The molecule has 0 saturated heterocycles. The van der Waals surface area contributed by atoms with Crippen molar-refractivity contribution in [3.05, 3.63) is 168 Å². The lowest BCUT2D eigenvalue weighted by Crippen LogP contribution is -2.28. The molecule has 73 heavy (non-hydrogen) atoms. The zero-order chi connectivity index (χ0) is 49.9. The molecule has 14 rings (SSSR count). The first-order valence-corrected chi connectivity index (χ1v) is 23.4. The lowest BCUT2D eigenvalue weighted by Gasteiger charge is -2.17. The third kappa shape index (κ3) is 7.75. The smallest absolute Gasteiger partial charge is 0.395 e. The van der Waals surface area contributed by atoms with Crippen molar-refractivity contribution in [2.75, 3.05) is 10.6 Å². The minimum Gasteiger partial charge on any atom is -0.395 e. The van der Waals surface area contributed by atoms with Crippen LogP contribution >= 0.6 is 0 Å². The van der Waals surface area contributed by atoms with Crippen molar-refractivity contribution in [2.24, 2.45) is 0 Å². The van der Waals surface area contributed by atoms with E-state index < -0.39 is 23.4 Å². The van der Waals surface area contributed by atoms with E-state index in [1.807, 2.05) is 97.2 Å². The van der Waals surface area contributed by atoms with Crippen LogP contribution in [0, 0.1) is 0 Å². The molecule has 0 radical (unpaired) electrons. The molecule has 17 heteroatoms. The van der Waals surface area contributed by atoms with E-state index in [1.54, 1.807) is 18.2 Å². The van der Waals surface area contributed by atoms with Crippen molar-refractivity contribution < 1.29 is 56.6 Å². The fourth-order valence-corrected chi connectivity index (χ4v) is 10.0. The second-order valence-electron chi connectivity index (χ2n) is 18.7. The van der Waals surface area contributed by atoms with Gasteiger partial charge in [-0.3, -0.25) is 14.4 Å². The average Bonchev–Trinajstić information content (AvgIpc) is 4.22. The highest BCUT2D eigenvalue weighted by atomic mass is 19.3. The number of pyridine rings is 2. The molecule has 0 atom stereocenters. The Morgan fingerprint density at radius 3 is 1.60 bits per heavy atom. The topological polar surface area (TPSA) is 166 Å². The van der Waals surface area contributed by atoms with Gasteiger partial charge in [0.2, 0.25) is 11.8 Å². The number of fused-ring (bicyclic) bond motifs is 6. The number of amides is 3. The second-order valence-corrected chi connectivity index (χ2v) is 18.7. The number of carbonyl (C=O) groups is 3. The van der Waals surface area contributed by atoms with Gasteiger partial charge in [0, 0.05) is 56.8 Å². The molecular weight excluding hydrogens is 945 g/mol. The summed E-state index contributed by atoms with van der Waals surface area (Å²) >= 11 is 0. The average molecular weight is 991 g/mol. The van der Waals surface area contributed by atoms with E-state index in [0.717, 1.165) is 54.8 Å². The highest BCUT2D eigenvalue weighted by Gasteiger charge is 2.54. The Bertz CT molecular complexity index is 3860. The molecule has 3 aliphatic heterocycles. The normalized spacial score (nSPS) is 17.3. The third-order valence-electron chi connectivity index (χ3n) is 14.1. The van der Waals surface area contributed by atoms with Gasteiger partial charge in [-0.1, -0.05) is 78.9 Å². The highest BCUT2D eigenvalue weighted by Crippen LogP contribution is 2.54. The summed E-state index contributed by atoms with van der Waals surface area (Å²) in [5.41, 5.74) is 5.19. The van der Waals surface area contributed by atoms with E-state index in [2.05, 4.69) is 45.9 Å². The van der Waals surface area contributed by atoms with Gasteiger partial charge in [0.05, 0.1) is 22.2 Å². The number of H-pyrrole nitrogens is 1. The number of hydrogen-bond donors (Lipinski definition) is 4. The minimum atomic E-state index is -3.72. The first-order valence-electron chi connectivity index (χ1n) is 23.4. The summed E-state index contributed by atoms with van der Waals surface area (Å²) in [5, 5.41) is 13.5. The fourth-order valence-electron chi connectivity index (χ4n) is 10.0. The molecule has 0 bridgehead atoms. The Balaban J connectivity index is 0.000000178. The van der Waals surface area contributed by atoms with E-state index in [9.17, 15) is 31.9 Å². The monoisotopic (exact) mass is 990 g/mol. The number of anilines is 2. The zero-order valence-corrected chi connectivity index (χ0v) is 38.2. The Kier molecular flexibility index (Phi) is 9.65. The van der Waals surface area contributed by atoms with E-state index in [0.29, 0.717) is 66.2 Å². The standard InChI is InChI=1S/C28H19F2N3O4.C28H19F2N3O3.4H2/c29-28(30)36-21-8-7-18(13-22(21)37-28)27(9-10-27)26(35)33-23-12-15-3-1-2-4-19(15)24(32-23)16-5-6-17-14-31-25(34)20(17)11-16;29-28(30)35-22-8-6-19(15-23(22)36-28)27(10-11-27)26(34)33-24-14-16-3-1-2-4-20(16)25(32-24)18-5-7-21-17(13-18)9-12-31-21;;;;/h1-8,11-13H,9-10,14H2,(H,31,34)(H,32,33,35);1-9,12-15,31H,10-11H2,(H,32,33,34);4*1H. The summed E-state index contributed by atoms with van der Waals surface area (Å²) in [7, 11) is 0. The highest BCUT2D eigenvalue weighted by molar-refractivity contribution is 6.06. The number of alkyl halides is 4. The van der Waals surface area contributed by atoms with Gasteiger partial charge in [-0.2, -0.15) is 0 Å². The molecule has 3 amide bonds. The Morgan fingerprint density at radius 1 is 0.548 bits per heavy atom. The maximum absolute atomic E-state index is 13.5. The van der Waals surface area contributed by atoms with Crippen LogP contribution in [-0.2, 0) is 27.0 Å². The van der Waals surface area contributed by atoms with Gasteiger partial charge in [0.15, 0.2) is 23.0 Å². The first kappa shape index (κ1) is 44.0. The van der Waals surface area contributed by atoms with Crippen molar-refractivity contribution in [1.82, 2.24) is 20.3 Å². The Labute approximate surface area is 417 Å². The van der Waals surface area contributed by atoms with Crippen LogP contribution in [0.5, 0.6) is 23.0 Å². The second kappa shape index (κ2) is 16.0. The molecule has 2 saturated carbocycles. The van der Waals surface area contributed by atoms with Gasteiger partial charge in [-0.15, -0.1) is 17.6 Å². The number of benzene rings is 6. The Morgan fingerprint density at radius 2 is 1.05 bits per heavy atom. The predicted octanol–water partition coefficient (Wildman–Crippen LogP) is 12.5. The molecule has 9 aromatic rings. The van der Waals surface area contributed by atoms with E-state index in [1.165, 1.54) is 24.3 Å². The lowest BCUT2D eigenvalue weighted by atomic mass is 9.94. The maximum atomic E-state index is 13.5. The van der Waals surface area contributed by atoms with E-state index in [-0.39, 0.29) is 46.4 Å². The third-order valence-corrected chi connectivity index (χ3v) is 14.1. The summed E-state index contributed by atoms with van der Waals surface area (Å²) in [6, 6.07) is 42.0. The number of rotatable bonds is 8. The van der Waals surface area contributed by atoms with Gasteiger partial charge in [-0.05, 0) is 114 Å². The van der Waals surface area contributed by atoms with E-state index in [4.69, 9.17) is 9.97 Å². The van der Waals surface area contributed by atoms with Crippen LogP contribution in [0.1, 0.15) is 58.4 Å². The van der Waals surface area contributed by atoms with Crippen LogP contribution in [0.3, 0.4) is 0 Å². The largest absolute Gasteiger partial charge is 0.586 e. The van der Waals surface area contributed by atoms with Crippen molar-refractivity contribution in [3.8, 4) is 45.5 Å². The molecule has 5 aliphatic rings.